The molecule has 2 unspecified atom stereocenters. The van der Waals surface area contributed by atoms with Crippen molar-refractivity contribution in [3.05, 3.63) is 41.0 Å². The lowest BCUT2D eigenvalue weighted by Crippen LogP contribution is -2.55. The predicted octanol–water partition coefficient (Wildman–Crippen LogP) is 3.48. The molecule has 2 heterocycles. The first-order chi connectivity index (χ1) is 16.9. The normalized spacial score (nSPS) is 16.8. The molecule has 2 atom stereocenters. The van der Waals surface area contributed by atoms with Crippen LogP contribution < -0.4 is 10.6 Å². The quantitative estimate of drug-likeness (QED) is 0.563. The van der Waals surface area contributed by atoms with Gasteiger partial charge in [-0.1, -0.05) is 58.9 Å². The van der Waals surface area contributed by atoms with Crippen LogP contribution in [0.2, 0.25) is 0 Å². The van der Waals surface area contributed by atoms with Gasteiger partial charge in [0.25, 0.3) is 0 Å². The summed E-state index contributed by atoms with van der Waals surface area (Å²) >= 11 is 1.58. The monoisotopic (exact) mass is 512 g/mol. The van der Waals surface area contributed by atoms with Crippen LogP contribution in [-0.4, -0.2) is 52.0 Å². The molecule has 2 N–H and O–H groups in total. The SMILES string of the molecule is Cc1ncsc1-c1ccc(CNC(=O)C2CC(=O)CN2C(=O)C(NC(=O)CC(C)(C)C)C(C)C)cc1. The molecule has 1 aliphatic rings. The van der Waals surface area contributed by atoms with E-state index in [1.54, 1.807) is 11.3 Å². The van der Waals surface area contributed by atoms with E-state index < -0.39 is 18.0 Å². The average molecular weight is 513 g/mol. The highest BCUT2D eigenvalue weighted by Gasteiger charge is 2.42. The van der Waals surface area contributed by atoms with E-state index in [1.807, 2.05) is 71.3 Å². The van der Waals surface area contributed by atoms with Crippen molar-refractivity contribution in [3.63, 3.8) is 0 Å². The van der Waals surface area contributed by atoms with Gasteiger partial charge in [0.05, 0.1) is 22.6 Å². The van der Waals surface area contributed by atoms with Crippen molar-refractivity contribution in [3.8, 4) is 10.4 Å². The highest BCUT2D eigenvalue weighted by molar-refractivity contribution is 7.13. The number of hydrogen-bond donors (Lipinski definition) is 2. The lowest BCUT2D eigenvalue weighted by Gasteiger charge is -2.30. The van der Waals surface area contributed by atoms with E-state index in [-0.39, 0.29) is 54.9 Å². The van der Waals surface area contributed by atoms with Crippen LogP contribution in [0, 0.1) is 18.3 Å². The number of aryl methyl sites for hydroxylation is 1. The molecular weight excluding hydrogens is 476 g/mol. The van der Waals surface area contributed by atoms with E-state index >= 15 is 0 Å². The summed E-state index contributed by atoms with van der Waals surface area (Å²) in [7, 11) is 0. The summed E-state index contributed by atoms with van der Waals surface area (Å²) in [6.45, 7) is 11.6. The molecular formula is C27H36N4O4S. The maximum atomic E-state index is 13.4. The largest absolute Gasteiger partial charge is 0.350 e. The Morgan fingerprint density at radius 3 is 2.39 bits per heavy atom. The van der Waals surface area contributed by atoms with Crippen molar-refractivity contribution in [2.75, 3.05) is 6.54 Å². The van der Waals surface area contributed by atoms with E-state index in [9.17, 15) is 19.2 Å². The molecule has 1 aromatic carbocycles. The molecule has 0 spiro atoms. The Bertz CT molecular complexity index is 1120. The number of aromatic nitrogens is 1. The molecule has 8 nitrogen and oxygen atoms in total. The molecule has 1 aliphatic heterocycles. The summed E-state index contributed by atoms with van der Waals surface area (Å²) in [6.07, 6.45) is 0.246. The molecule has 194 valence electrons. The third-order valence-electron chi connectivity index (χ3n) is 6.10. The minimum absolute atomic E-state index is 0.0259. The van der Waals surface area contributed by atoms with Crippen LogP contribution in [0.1, 0.15) is 58.7 Å². The topological polar surface area (TPSA) is 108 Å². The fraction of sp³-hybridized carbons (Fsp3) is 0.519. The molecule has 2 aromatic rings. The Balaban J connectivity index is 1.65. The number of amides is 3. The van der Waals surface area contributed by atoms with Gasteiger partial charge in [-0.15, -0.1) is 11.3 Å². The zero-order valence-corrected chi connectivity index (χ0v) is 22.7. The summed E-state index contributed by atoms with van der Waals surface area (Å²) in [5.74, 6) is -1.36. The summed E-state index contributed by atoms with van der Waals surface area (Å²) in [6, 6.07) is 6.18. The van der Waals surface area contributed by atoms with Crippen molar-refractivity contribution in [2.24, 2.45) is 11.3 Å². The molecule has 0 bridgehead atoms. The minimum Gasteiger partial charge on any atom is -0.350 e. The van der Waals surface area contributed by atoms with Crippen LogP contribution in [-0.2, 0) is 25.7 Å². The van der Waals surface area contributed by atoms with Crippen LogP contribution >= 0.6 is 11.3 Å². The van der Waals surface area contributed by atoms with Crippen LogP contribution in [0.5, 0.6) is 0 Å². The summed E-state index contributed by atoms with van der Waals surface area (Å²) in [4.78, 5) is 57.9. The third kappa shape index (κ3) is 7.00. The smallest absolute Gasteiger partial charge is 0.246 e. The standard InChI is InChI=1S/C27H36N4O4S/c1-16(2)23(30-22(33)12-27(4,5)6)26(35)31-14-20(32)11-21(31)25(34)28-13-18-7-9-19(10-8-18)24-17(3)29-15-36-24/h7-10,15-16,21,23H,11-14H2,1-6H3,(H,28,34)(H,30,33). The van der Waals surface area contributed by atoms with Gasteiger partial charge in [0.2, 0.25) is 17.7 Å². The molecule has 36 heavy (non-hydrogen) atoms. The van der Waals surface area contributed by atoms with Gasteiger partial charge in [0.1, 0.15) is 12.1 Å². The van der Waals surface area contributed by atoms with Crippen LogP contribution in [0.15, 0.2) is 29.8 Å². The molecule has 1 aromatic heterocycles. The number of rotatable bonds is 8. The zero-order chi connectivity index (χ0) is 26.6. The summed E-state index contributed by atoms with van der Waals surface area (Å²) in [5.41, 5.74) is 4.54. The number of carbonyl (C=O) groups excluding carboxylic acids is 4. The number of hydrogen-bond acceptors (Lipinski definition) is 6. The maximum absolute atomic E-state index is 13.4. The minimum atomic E-state index is -0.884. The van der Waals surface area contributed by atoms with Gasteiger partial charge < -0.3 is 15.5 Å². The average Bonchev–Trinajstić information content (AvgIpc) is 3.40. The summed E-state index contributed by atoms with van der Waals surface area (Å²) in [5, 5.41) is 5.70. The number of nitrogens with one attached hydrogen (secondary N) is 2. The van der Waals surface area contributed by atoms with Gasteiger partial charge in [0.15, 0.2) is 5.78 Å². The van der Waals surface area contributed by atoms with Crippen LogP contribution in [0.3, 0.4) is 0 Å². The van der Waals surface area contributed by atoms with E-state index in [0.717, 1.165) is 21.7 Å². The van der Waals surface area contributed by atoms with E-state index in [0.29, 0.717) is 0 Å². The second-order valence-electron chi connectivity index (χ2n) is 10.9. The number of likely N-dealkylation sites (tertiary alicyclic amines) is 1. The lowest BCUT2D eigenvalue weighted by molar-refractivity contribution is -0.142. The Labute approximate surface area is 216 Å². The first-order valence-electron chi connectivity index (χ1n) is 12.2. The molecule has 3 amide bonds. The maximum Gasteiger partial charge on any atom is 0.246 e. The molecule has 1 saturated heterocycles. The number of nitrogens with zero attached hydrogens (tertiary/aromatic N) is 2. The molecule has 0 aliphatic carbocycles. The molecule has 0 saturated carbocycles. The van der Waals surface area contributed by atoms with Crippen LogP contribution in [0.25, 0.3) is 10.4 Å². The van der Waals surface area contributed by atoms with Gasteiger partial charge in [-0.05, 0) is 29.4 Å². The van der Waals surface area contributed by atoms with Crippen molar-refractivity contribution in [1.82, 2.24) is 20.5 Å². The Morgan fingerprint density at radius 2 is 1.83 bits per heavy atom. The van der Waals surface area contributed by atoms with Crippen molar-refractivity contribution in [1.29, 1.82) is 0 Å². The highest BCUT2D eigenvalue weighted by atomic mass is 32.1. The summed E-state index contributed by atoms with van der Waals surface area (Å²) < 4.78 is 0. The number of benzene rings is 1. The van der Waals surface area contributed by atoms with Gasteiger partial charge in [-0.25, -0.2) is 4.98 Å². The number of thiazole rings is 1. The predicted molar refractivity (Wildman–Crippen MR) is 140 cm³/mol. The van der Waals surface area contributed by atoms with Gasteiger partial charge in [-0.2, -0.15) is 0 Å². The van der Waals surface area contributed by atoms with Crippen molar-refractivity contribution in [2.45, 2.75) is 73.0 Å². The van der Waals surface area contributed by atoms with E-state index in [1.165, 1.54) is 4.90 Å². The second kappa shape index (κ2) is 11.3. The van der Waals surface area contributed by atoms with Gasteiger partial charge in [0, 0.05) is 19.4 Å². The van der Waals surface area contributed by atoms with E-state index in [4.69, 9.17) is 0 Å². The van der Waals surface area contributed by atoms with Crippen LogP contribution in [0.4, 0.5) is 0 Å². The van der Waals surface area contributed by atoms with Crippen molar-refractivity contribution >= 4 is 34.8 Å². The number of ketones is 1. The lowest BCUT2D eigenvalue weighted by atomic mass is 9.91. The second-order valence-corrected chi connectivity index (χ2v) is 11.8. The Hall–Kier alpha value is -3.07. The Morgan fingerprint density at radius 1 is 1.17 bits per heavy atom. The van der Waals surface area contributed by atoms with Crippen molar-refractivity contribution < 1.29 is 19.2 Å². The Kier molecular flexibility index (Phi) is 8.66. The molecule has 9 heteroatoms. The van der Waals surface area contributed by atoms with Gasteiger partial charge >= 0.3 is 0 Å². The molecule has 3 rings (SSSR count). The highest BCUT2D eigenvalue weighted by Crippen LogP contribution is 2.27. The molecule has 0 radical (unpaired) electrons. The first kappa shape index (κ1) is 27.5. The number of carbonyl (C=O) groups is 4. The molecule has 1 fully saturated rings. The number of Topliss-reactive ketones (excluding diaryl/α,β-unsaturated/α-hetero) is 1. The fourth-order valence-corrected chi connectivity index (χ4v) is 5.03. The third-order valence-corrected chi connectivity index (χ3v) is 7.08. The van der Waals surface area contributed by atoms with E-state index in [2.05, 4.69) is 15.6 Å². The fourth-order valence-electron chi connectivity index (χ4n) is 4.21. The van der Waals surface area contributed by atoms with Gasteiger partial charge in [-0.3, -0.25) is 19.2 Å². The zero-order valence-electron chi connectivity index (χ0n) is 21.9. The first-order valence-corrected chi connectivity index (χ1v) is 13.1.